The van der Waals surface area contributed by atoms with Crippen LogP contribution in [0.5, 0.6) is 5.75 Å². The molecule has 3 aromatic rings. The lowest BCUT2D eigenvalue weighted by Gasteiger charge is -2.10. The molecular formula is C21H16Cl2FNO3. The first-order valence-corrected chi connectivity index (χ1v) is 9.10. The molecule has 7 heteroatoms. The quantitative estimate of drug-likeness (QED) is 0.491. The van der Waals surface area contributed by atoms with Gasteiger partial charge in [-0.1, -0.05) is 41.4 Å². The maximum atomic E-state index is 13.1. The first kappa shape index (κ1) is 20.0. The number of ether oxygens (including phenoxy) is 1. The molecule has 3 aromatic carbocycles. The van der Waals surface area contributed by atoms with Crippen LogP contribution in [0, 0.1) is 5.82 Å². The second-order valence-corrected chi connectivity index (χ2v) is 6.84. The van der Waals surface area contributed by atoms with Crippen molar-refractivity contribution < 1.29 is 19.0 Å². The lowest BCUT2D eigenvalue weighted by Crippen LogP contribution is -2.03. The summed E-state index contributed by atoms with van der Waals surface area (Å²) in [5, 5.41) is 12.8. The largest absolute Gasteiger partial charge is 0.489 e. The minimum Gasteiger partial charge on any atom is -0.489 e. The number of halogens is 3. The highest BCUT2D eigenvalue weighted by Crippen LogP contribution is 2.22. The van der Waals surface area contributed by atoms with Gasteiger partial charge in [0.05, 0.1) is 15.6 Å². The van der Waals surface area contributed by atoms with Crippen LogP contribution < -0.4 is 10.1 Å². The van der Waals surface area contributed by atoms with Crippen molar-refractivity contribution in [3.8, 4) is 5.75 Å². The molecule has 0 amide bonds. The minimum atomic E-state index is -1.07. The molecular weight excluding hydrogens is 404 g/mol. The van der Waals surface area contributed by atoms with Crippen LogP contribution >= 0.6 is 23.2 Å². The summed E-state index contributed by atoms with van der Waals surface area (Å²) in [5.41, 5.74) is 2.40. The van der Waals surface area contributed by atoms with E-state index in [-0.39, 0.29) is 23.0 Å². The normalized spacial score (nSPS) is 10.5. The van der Waals surface area contributed by atoms with E-state index < -0.39 is 5.97 Å². The van der Waals surface area contributed by atoms with Crippen molar-refractivity contribution in [2.24, 2.45) is 0 Å². The Bertz CT molecular complexity index is 993. The van der Waals surface area contributed by atoms with E-state index in [0.29, 0.717) is 28.6 Å². The van der Waals surface area contributed by atoms with Crippen molar-refractivity contribution in [3.05, 3.63) is 93.2 Å². The van der Waals surface area contributed by atoms with Crippen molar-refractivity contribution in [2.75, 3.05) is 5.32 Å². The van der Waals surface area contributed by atoms with Gasteiger partial charge < -0.3 is 15.2 Å². The van der Waals surface area contributed by atoms with Gasteiger partial charge in [0.2, 0.25) is 0 Å². The molecule has 0 fully saturated rings. The first-order valence-electron chi connectivity index (χ1n) is 8.35. The third-order valence-electron chi connectivity index (χ3n) is 4.03. The van der Waals surface area contributed by atoms with Gasteiger partial charge in [-0.05, 0) is 48.0 Å². The van der Waals surface area contributed by atoms with Crippen LogP contribution in [0.4, 0.5) is 10.1 Å². The molecule has 0 saturated heterocycles. The highest BCUT2D eigenvalue weighted by Gasteiger charge is 2.09. The highest BCUT2D eigenvalue weighted by molar-refractivity contribution is 6.33. The van der Waals surface area contributed by atoms with Crippen molar-refractivity contribution in [1.29, 1.82) is 0 Å². The van der Waals surface area contributed by atoms with Gasteiger partial charge in [-0.2, -0.15) is 0 Å². The predicted molar refractivity (Wildman–Crippen MR) is 108 cm³/mol. The second-order valence-electron chi connectivity index (χ2n) is 6.02. The lowest BCUT2D eigenvalue weighted by atomic mass is 10.1. The molecule has 28 heavy (non-hydrogen) atoms. The standard InChI is InChI=1S/C21H16Cl2FNO3/c22-19-8-5-16(10-18(19)21(26)27)25-11-13-1-6-17(7-2-13)28-12-14-3-4-15(24)9-20(14)23/h1-10,25H,11-12H2,(H,26,27). The van der Waals surface area contributed by atoms with E-state index in [1.54, 1.807) is 18.2 Å². The zero-order valence-electron chi connectivity index (χ0n) is 14.6. The number of aromatic carboxylic acids is 1. The van der Waals surface area contributed by atoms with Gasteiger partial charge in [-0.3, -0.25) is 0 Å². The number of anilines is 1. The predicted octanol–water partition coefficient (Wildman–Crippen LogP) is 6.02. The summed E-state index contributed by atoms with van der Waals surface area (Å²) >= 11 is 11.9. The van der Waals surface area contributed by atoms with E-state index in [9.17, 15) is 9.18 Å². The summed E-state index contributed by atoms with van der Waals surface area (Å²) in [7, 11) is 0. The summed E-state index contributed by atoms with van der Waals surface area (Å²) in [5.74, 6) is -0.804. The van der Waals surface area contributed by atoms with Crippen LogP contribution in [0.1, 0.15) is 21.5 Å². The number of carboxylic acids is 1. The number of rotatable bonds is 7. The Morgan fingerprint density at radius 3 is 2.43 bits per heavy atom. The Kier molecular flexibility index (Phi) is 6.39. The molecule has 0 saturated carbocycles. The maximum absolute atomic E-state index is 13.1. The lowest BCUT2D eigenvalue weighted by molar-refractivity contribution is 0.0697. The maximum Gasteiger partial charge on any atom is 0.337 e. The summed E-state index contributed by atoms with van der Waals surface area (Å²) in [6, 6.07) is 16.4. The molecule has 0 atom stereocenters. The monoisotopic (exact) mass is 419 g/mol. The topological polar surface area (TPSA) is 58.6 Å². The third kappa shape index (κ3) is 5.15. The number of hydrogen-bond acceptors (Lipinski definition) is 3. The highest BCUT2D eigenvalue weighted by atomic mass is 35.5. The molecule has 2 N–H and O–H groups in total. The Hall–Kier alpha value is -2.76. The Balaban J connectivity index is 1.57. The zero-order chi connectivity index (χ0) is 20.1. The fourth-order valence-corrected chi connectivity index (χ4v) is 2.93. The summed E-state index contributed by atoms with van der Waals surface area (Å²) in [4.78, 5) is 11.1. The SMILES string of the molecule is O=C(O)c1cc(NCc2ccc(OCc3ccc(F)cc3Cl)cc2)ccc1Cl. The Morgan fingerprint density at radius 1 is 1.00 bits per heavy atom. The molecule has 0 bridgehead atoms. The molecule has 0 radical (unpaired) electrons. The van der Waals surface area contributed by atoms with Gasteiger partial charge >= 0.3 is 5.97 Å². The molecule has 0 aliphatic carbocycles. The number of carbonyl (C=O) groups is 1. The molecule has 0 aliphatic heterocycles. The molecule has 144 valence electrons. The Morgan fingerprint density at radius 2 is 1.75 bits per heavy atom. The average Bonchev–Trinajstić information content (AvgIpc) is 2.67. The second kappa shape index (κ2) is 8.95. The fourth-order valence-electron chi connectivity index (χ4n) is 2.51. The van der Waals surface area contributed by atoms with E-state index >= 15 is 0 Å². The summed E-state index contributed by atoms with van der Waals surface area (Å²) in [6.07, 6.45) is 0. The van der Waals surface area contributed by atoms with Crippen molar-refractivity contribution in [1.82, 2.24) is 0 Å². The van der Waals surface area contributed by atoms with E-state index in [1.165, 1.54) is 18.2 Å². The van der Waals surface area contributed by atoms with Crippen LogP contribution in [-0.4, -0.2) is 11.1 Å². The molecule has 0 heterocycles. The van der Waals surface area contributed by atoms with Gasteiger partial charge in [-0.15, -0.1) is 0 Å². The van der Waals surface area contributed by atoms with E-state index in [1.807, 2.05) is 24.3 Å². The fraction of sp³-hybridized carbons (Fsp3) is 0.0952. The molecule has 4 nitrogen and oxygen atoms in total. The Labute approximate surface area is 171 Å². The van der Waals surface area contributed by atoms with Crippen LogP contribution in [0.25, 0.3) is 0 Å². The summed E-state index contributed by atoms with van der Waals surface area (Å²) in [6.45, 7) is 0.740. The molecule has 3 rings (SSSR count). The number of nitrogens with one attached hydrogen (secondary N) is 1. The zero-order valence-corrected chi connectivity index (χ0v) is 16.1. The molecule has 0 aromatic heterocycles. The van der Waals surface area contributed by atoms with Crippen molar-refractivity contribution in [2.45, 2.75) is 13.2 Å². The van der Waals surface area contributed by atoms with E-state index in [0.717, 1.165) is 5.56 Å². The third-order valence-corrected chi connectivity index (χ3v) is 4.71. The molecule has 0 aliphatic rings. The number of carboxylic acid groups (broad SMARTS) is 1. The number of benzene rings is 3. The first-order chi connectivity index (χ1) is 13.4. The van der Waals surface area contributed by atoms with Crippen LogP contribution in [-0.2, 0) is 13.2 Å². The van der Waals surface area contributed by atoms with Gasteiger partial charge in [0.25, 0.3) is 0 Å². The van der Waals surface area contributed by atoms with E-state index in [4.69, 9.17) is 33.0 Å². The van der Waals surface area contributed by atoms with Crippen LogP contribution in [0.3, 0.4) is 0 Å². The van der Waals surface area contributed by atoms with Gasteiger partial charge in [0.1, 0.15) is 18.2 Å². The molecule has 0 unspecified atom stereocenters. The minimum absolute atomic E-state index is 0.0508. The molecule has 0 spiro atoms. The smallest absolute Gasteiger partial charge is 0.337 e. The average molecular weight is 420 g/mol. The van der Waals surface area contributed by atoms with Gasteiger partial charge in [0, 0.05) is 17.8 Å². The van der Waals surface area contributed by atoms with E-state index in [2.05, 4.69) is 5.32 Å². The summed E-state index contributed by atoms with van der Waals surface area (Å²) < 4.78 is 18.7. The van der Waals surface area contributed by atoms with Crippen molar-refractivity contribution in [3.63, 3.8) is 0 Å². The van der Waals surface area contributed by atoms with Gasteiger partial charge in [-0.25, -0.2) is 9.18 Å². The van der Waals surface area contributed by atoms with Crippen LogP contribution in [0.2, 0.25) is 10.0 Å². The van der Waals surface area contributed by atoms with Crippen molar-refractivity contribution >= 4 is 34.9 Å². The number of hydrogen-bond donors (Lipinski definition) is 2. The van der Waals surface area contributed by atoms with Crippen LogP contribution in [0.15, 0.2) is 60.7 Å². The van der Waals surface area contributed by atoms with Gasteiger partial charge in [0.15, 0.2) is 0 Å².